The van der Waals surface area contributed by atoms with Crippen LogP contribution in [0.25, 0.3) is 22.3 Å². The van der Waals surface area contributed by atoms with Crippen LogP contribution in [0.4, 0.5) is 0 Å². The predicted octanol–water partition coefficient (Wildman–Crippen LogP) is 1.66. The van der Waals surface area contributed by atoms with E-state index in [1.54, 1.807) is 30.5 Å². The fourth-order valence-corrected chi connectivity index (χ4v) is 4.31. The van der Waals surface area contributed by atoms with Gasteiger partial charge in [0.05, 0.1) is 18.4 Å². The highest BCUT2D eigenvalue weighted by Crippen LogP contribution is 2.28. The first kappa shape index (κ1) is 16.4. The Morgan fingerprint density at radius 3 is 2.67 bits per heavy atom. The first-order valence-corrected chi connectivity index (χ1v) is 9.27. The van der Waals surface area contributed by atoms with Crippen LogP contribution in [0, 0.1) is 11.8 Å². The molecular formula is C20H21N5O2. The van der Waals surface area contributed by atoms with E-state index in [1.807, 2.05) is 6.07 Å². The highest BCUT2D eigenvalue weighted by atomic mass is 16.3. The predicted molar refractivity (Wildman–Crippen MR) is 102 cm³/mol. The number of nitrogens with one attached hydrogen (secondary N) is 2. The maximum atomic E-state index is 13.1. The van der Waals surface area contributed by atoms with Crippen LogP contribution in [0.3, 0.4) is 0 Å². The number of phenols is 1. The summed E-state index contributed by atoms with van der Waals surface area (Å²) < 4.78 is 0. The number of carbonyl (C=O) groups excluding carboxylic acids is 1. The van der Waals surface area contributed by atoms with Gasteiger partial charge >= 0.3 is 0 Å². The summed E-state index contributed by atoms with van der Waals surface area (Å²) in [6.07, 6.45) is 1.67. The van der Waals surface area contributed by atoms with E-state index in [1.165, 1.54) is 0 Å². The molecule has 4 heterocycles. The lowest BCUT2D eigenvalue weighted by atomic mass is 10.0. The van der Waals surface area contributed by atoms with Gasteiger partial charge in [0.1, 0.15) is 5.75 Å². The van der Waals surface area contributed by atoms with Crippen molar-refractivity contribution >= 4 is 16.8 Å². The summed E-state index contributed by atoms with van der Waals surface area (Å²) in [6, 6.07) is 8.66. The van der Waals surface area contributed by atoms with Crippen LogP contribution >= 0.6 is 0 Å². The summed E-state index contributed by atoms with van der Waals surface area (Å²) in [7, 11) is 0. The molecule has 0 aliphatic carbocycles. The Bertz CT molecular complexity index is 985. The van der Waals surface area contributed by atoms with E-state index in [2.05, 4.69) is 25.4 Å². The molecule has 0 bridgehead atoms. The largest absolute Gasteiger partial charge is 0.508 e. The number of nitrogens with zero attached hydrogens (tertiary/aromatic N) is 3. The molecule has 1 aromatic carbocycles. The number of carbonyl (C=O) groups is 1. The van der Waals surface area contributed by atoms with Crippen LogP contribution in [0.15, 0.2) is 36.5 Å². The molecule has 2 fully saturated rings. The van der Waals surface area contributed by atoms with E-state index in [4.69, 9.17) is 0 Å². The van der Waals surface area contributed by atoms with Crippen molar-refractivity contribution in [3.05, 3.63) is 42.1 Å². The second-order valence-corrected chi connectivity index (χ2v) is 7.53. The number of fused-ring (bicyclic) bond motifs is 2. The third kappa shape index (κ3) is 2.98. The first-order chi connectivity index (χ1) is 13.2. The molecule has 3 aromatic rings. The molecular weight excluding hydrogens is 342 g/mol. The normalized spacial score (nSPS) is 22.4. The molecule has 2 aromatic heterocycles. The first-order valence-electron chi connectivity index (χ1n) is 9.27. The molecule has 7 heteroatoms. The summed E-state index contributed by atoms with van der Waals surface area (Å²) in [5.41, 5.74) is 2.79. The summed E-state index contributed by atoms with van der Waals surface area (Å²) in [6.45, 7) is 4.50. The van der Waals surface area contributed by atoms with Gasteiger partial charge in [0, 0.05) is 29.6 Å². The minimum atomic E-state index is 0.0942. The SMILES string of the molecule is O=C(CN1CC2CNCC2C1)c1cc(-c2ccc(O)cc2)nc2[nH]ncc12. The van der Waals surface area contributed by atoms with Crippen molar-refractivity contribution < 1.29 is 9.90 Å². The minimum absolute atomic E-state index is 0.0942. The van der Waals surface area contributed by atoms with Crippen molar-refractivity contribution in [3.8, 4) is 17.0 Å². The quantitative estimate of drug-likeness (QED) is 0.611. The lowest BCUT2D eigenvalue weighted by Crippen LogP contribution is -2.31. The molecule has 2 atom stereocenters. The van der Waals surface area contributed by atoms with E-state index >= 15 is 0 Å². The third-order valence-electron chi connectivity index (χ3n) is 5.72. The standard InChI is InChI=1S/C20H21N5O2/c26-15-3-1-12(2-4-15)18-5-16(17-8-22-24-20(17)23-18)19(27)11-25-9-13-6-21-7-14(13)10-25/h1-5,8,13-14,21,26H,6-7,9-11H2,(H,22,23,24). The van der Waals surface area contributed by atoms with Crippen LogP contribution in [0.2, 0.25) is 0 Å². The minimum Gasteiger partial charge on any atom is -0.508 e. The summed E-state index contributed by atoms with van der Waals surface area (Å²) in [5, 5.41) is 20.6. The zero-order valence-corrected chi connectivity index (χ0v) is 14.9. The van der Waals surface area contributed by atoms with E-state index in [0.29, 0.717) is 35.3 Å². The van der Waals surface area contributed by atoms with Crippen molar-refractivity contribution in [1.29, 1.82) is 0 Å². The zero-order chi connectivity index (χ0) is 18.4. The van der Waals surface area contributed by atoms with Crippen molar-refractivity contribution in [2.75, 3.05) is 32.7 Å². The van der Waals surface area contributed by atoms with Crippen molar-refractivity contribution in [2.45, 2.75) is 0 Å². The van der Waals surface area contributed by atoms with Crippen molar-refractivity contribution in [2.24, 2.45) is 11.8 Å². The maximum absolute atomic E-state index is 13.1. The smallest absolute Gasteiger partial charge is 0.177 e. The van der Waals surface area contributed by atoms with Crippen molar-refractivity contribution in [3.63, 3.8) is 0 Å². The molecule has 2 unspecified atom stereocenters. The number of Topliss-reactive ketones (excluding diaryl/α,β-unsaturated/α-hetero) is 1. The Labute approximate surface area is 156 Å². The molecule has 5 rings (SSSR count). The summed E-state index contributed by atoms with van der Waals surface area (Å²) >= 11 is 0. The molecule has 0 spiro atoms. The average molecular weight is 363 g/mol. The van der Waals surface area contributed by atoms with Gasteiger partial charge in [-0.25, -0.2) is 4.98 Å². The van der Waals surface area contributed by atoms with E-state index in [0.717, 1.165) is 37.1 Å². The van der Waals surface area contributed by atoms with Gasteiger partial charge in [-0.1, -0.05) is 0 Å². The van der Waals surface area contributed by atoms with Crippen LogP contribution < -0.4 is 5.32 Å². The van der Waals surface area contributed by atoms with E-state index < -0.39 is 0 Å². The lowest BCUT2D eigenvalue weighted by Gasteiger charge is -2.16. The number of phenolic OH excluding ortho intramolecular Hbond substituents is 1. The number of pyridine rings is 1. The molecule has 2 aliphatic heterocycles. The molecule has 0 radical (unpaired) electrons. The zero-order valence-electron chi connectivity index (χ0n) is 14.9. The van der Waals surface area contributed by atoms with Gasteiger partial charge in [0.25, 0.3) is 0 Å². The Morgan fingerprint density at radius 2 is 1.93 bits per heavy atom. The van der Waals surface area contributed by atoms with Gasteiger partial charge in [0.2, 0.25) is 0 Å². The number of hydrogen-bond donors (Lipinski definition) is 3. The van der Waals surface area contributed by atoms with Gasteiger partial charge in [-0.15, -0.1) is 0 Å². The number of aromatic hydroxyl groups is 1. The molecule has 2 aliphatic rings. The number of likely N-dealkylation sites (tertiary alicyclic amines) is 1. The van der Waals surface area contributed by atoms with Crippen LogP contribution in [0.5, 0.6) is 5.75 Å². The monoisotopic (exact) mass is 363 g/mol. The Hall–Kier alpha value is -2.77. The fourth-order valence-electron chi connectivity index (χ4n) is 4.31. The van der Waals surface area contributed by atoms with E-state index in [-0.39, 0.29) is 11.5 Å². The van der Waals surface area contributed by atoms with E-state index in [9.17, 15) is 9.90 Å². The van der Waals surface area contributed by atoms with Crippen molar-refractivity contribution in [1.82, 2.24) is 25.4 Å². The topological polar surface area (TPSA) is 94.1 Å². The third-order valence-corrected chi connectivity index (χ3v) is 5.72. The Morgan fingerprint density at radius 1 is 1.19 bits per heavy atom. The molecule has 3 N–H and O–H groups in total. The van der Waals surface area contributed by atoms with Gasteiger partial charge in [0.15, 0.2) is 11.4 Å². The number of aromatic nitrogens is 3. The highest BCUT2D eigenvalue weighted by Gasteiger charge is 2.36. The molecule has 2 saturated heterocycles. The lowest BCUT2D eigenvalue weighted by molar-refractivity contribution is 0.0943. The second kappa shape index (κ2) is 6.44. The average Bonchev–Trinajstić information content (AvgIpc) is 3.37. The summed E-state index contributed by atoms with van der Waals surface area (Å²) in [5.74, 6) is 1.62. The number of H-pyrrole nitrogens is 1. The maximum Gasteiger partial charge on any atom is 0.177 e. The number of benzene rings is 1. The second-order valence-electron chi connectivity index (χ2n) is 7.53. The molecule has 0 saturated carbocycles. The van der Waals surface area contributed by atoms with Gasteiger partial charge in [-0.05, 0) is 55.3 Å². The molecule has 138 valence electrons. The number of hydrogen-bond acceptors (Lipinski definition) is 6. The number of rotatable bonds is 4. The number of ketones is 1. The molecule has 0 amide bonds. The molecule has 7 nitrogen and oxygen atoms in total. The van der Waals surface area contributed by atoms with Crippen LogP contribution in [-0.2, 0) is 0 Å². The fraction of sp³-hybridized carbons (Fsp3) is 0.350. The Balaban J connectivity index is 1.45. The molecule has 27 heavy (non-hydrogen) atoms. The number of aromatic amines is 1. The van der Waals surface area contributed by atoms with Gasteiger partial charge < -0.3 is 10.4 Å². The van der Waals surface area contributed by atoms with Gasteiger partial charge in [-0.2, -0.15) is 5.10 Å². The highest BCUT2D eigenvalue weighted by molar-refractivity contribution is 6.08. The summed E-state index contributed by atoms with van der Waals surface area (Å²) in [4.78, 5) is 20.0. The Kier molecular flexibility index (Phi) is 3.91. The van der Waals surface area contributed by atoms with Crippen LogP contribution in [0.1, 0.15) is 10.4 Å². The van der Waals surface area contributed by atoms with Gasteiger partial charge in [-0.3, -0.25) is 14.8 Å². The van der Waals surface area contributed by atoms with Crippen LogP contribution in [-0.4, -0.2) is 63.7 Å².